The van der Waals surface area contributed by atoms with Gasteiger partial charge < -0.3 is 14.2 Å². The molecule has 1 saturated carbocycles. The van der Waals surface area contributed by atoms with Crippen LogP contribution in [0.4, 0.5) is 23.4 Å². The van der Waals surface area contributed by atoms with Crippen molar-refractivity contribution < 1.29 is 36.8 Å². The van der Waals surface area contributed by atoms with Gasteiger partial charge in [0, 0.05) is 24.2 Å². The number of hydroxylamine groups is 1. The first-order chi connectivity index (χ1) is 17.3. The predicted octanol–water partition coefficient (Wildman–Crippen LogP) is 4.44. The minimum Gasteiger partial charge on any atom is -0.367 e. The molecule has 0 spiro atoms. The molecule has 1 aliphatic carbocycles. The Balaban J connectivity index is 1.32. The highest BCUT2D eigenvalue weighted by atomic mass is 19.3. The van der Waals surface area contributed by atoms with Crippen molar-refractivity contribution in [2.75, 3.05) is 18.0 Å². The number of nitrogens with one attached hydrogen (secondary N) is 1. The van der Waals surface area contributed by atoms with Crippen molar-refractivity contribution in [3.63, 3.8) is 0 Å². The van der Waals surface area contributed by atoms with Crippen LogP contribution < -0.4 is 10.4 Å². The number of hydrogen-bond donors (Lipinski definition) is 2. The van der Waals surface area contributed by atoms with E-state index in [2.05, 4.69) is 10.1 Å². The van der Waals surface area contributed by atoms with Crippen LogP contribution in [0.15, 0.2) is 41.1 Å². The fraction of sp³-hybridized carbons (Fsp3) is 0.375. The van der Waals surface area contributed by atoms with Gasteiger partial charge in [0.05, 0.1) is 24.3 Å². The second kappa shape index (κ2) is 9.51. The summed E-state index contributed by atoms with van der Waals surface area (Å²) in [7, 11) is 0. The second-order valence-corrected chi connectivity index (χ2v) is 8.86. The first-order valence-corrected chi connectivity index (χ1v) is 11.4. The monoisotopic (exact) mass is 506 g/mol. The van der Waals surface area contributed by atoms with E-state index in [0.29, 0.717) is 5.76 Å². The van der Waals surface area contributed by atoms with Gasteiger partial charge in [0.15, 0.2) is 0 Å². The highest BCUT2D eigenvalue weighted by molar-refractivity contribution is 5.93. The van der Waals surface area contributed by atoms with Crippen LogP contribution in [0.2, 0.25) is 0 Å². The van der Waals surface area contributed by atoms with Crippen LogP contribution in [-0.2, 0) is 11.3 Å². The molecule has 1 aliphatic heterocycles. The fourth-order valence-electron chi connectivity index (χ4n) is 4.32. The third kappa shape index (κ3) is 4.65. The molecule has 2 fully saturated rings. The van der Waals surface area contributed by atoms with E-state index >= 15 is 8.78 Å². The van der Waals surface area contributed by atoms with E-state index in [1.54, 1.807) is 0 Å². The Morgan fingerprint density at radius 2 is 1.94 bits per heavy atom. The number of halogens is 4. The number of amides is 1. The second-order valence-electron chi connectivity index (χ2n) is 8.86. The molecule has 190 valence electrons. The van der Waals surface area contributed by atoms with Gasteiger partial charge in [0.2, 0.25) is 0 Å². The number of pyridine rings is 1. The summed E-state index contributed by atoms with van der Waals surface area (Å²) >= 11 is 0. The van der Waals surface area contributed by atoms with E-state index in [4.69, 9.17) is 14.5 Å². The van der Waals surface area contributed by atoms with Gasteiger partial charge in [-0.05, 0) is 43.5 Å². The molecule has 1 saturated heterocycles. The lowest BCUT2D eigenvalue weighted by molar-refractivity contribution is -0.148. The summed E-state index contributed by atoms with van der Waals surface area (Å²) in [6, 6.07) is 6.19. The Bertz CT molecular complexity index is 1240. The lowest BCUT2D eigenvalue weighted by Crippen LogP contribution is -2.52. The van der Waals surface area contributed by atoms with E-state index in [1.165, 1.54) is 34.8 Å². The van der Waals surface area contributed by atoms with Gasteiger partial charge in [-0.1, -0.05) is 11.2 Å². The number of carbonyl (C=O) groups excluding carboxylic acids is 1. The van der Waals surface area contributed by atoms with Crippen LogP contribution in [0.3, 0.4) is 0 Å². The zero-order chi connectivity index (χ0) is 25.4. The number of benzene rings is 1. The zero-order valence-corrected chi connectivity index (χ0v) is 18.9. The van der Waals surface area contributed by atoms with E-state index < -0.39 is 36.1 Å². The molecule has 2 N–H and O–H groups in total. The SMILES string of the molecule is O=C(NO)c1ccc(N2CCC(OCc3c(-c4c(F)cccc4F)noc3C3CC3)C(F)(F)C2)nc1. The zero-order valence-electron chi connectivity index (χ0n) is 18.9. The number of rotatable bonds is 7. The van der Waals surface area contributed by atoms with Crippen molar-refractivity contribution in [1.29, 1.82) is 0 Å². The predicted molar refractivity (Wildman–Crippen MR) is 118 cm³/mol. The molecule has 8 nitrogen and oxygen atoms in total. The summed E-state index contributed by atoms with van der Waals surface area (Å²) in [5.74, 6) is -5.02. The first kappa shape index (κ1) is 24.2. The number of ether oxygens (including phenoxy) is 1. The summed E-state index contributed by atoms with van der Waals surface area (Å²) in [6.45, 7) is -0.807. The molecule has 36 heavy (non-hydrogen) atoms. The van der Waals surface area contributed by atoms with Crippen molar-refractivity contribution in [2.24, 2.45) is 0 Å². The normalized spacial score (nSPS) is 19.4. The molecule has 0 bridgehead atoms. The molecule has 0 radical (unpaired) electrons. The van der Waals surface area contributed by atoms with E-state index in [-0.39, 0.29) is 53.7 Å². The van der Waals surface area contributed by atoms with Gasteiger partial charge in [-0.25, -0.2) is 28.0 Å². The fourth-order valence-corrected chi connectivity index (χ4v) is 4.32. The van der Waals surface area contributed by atoms with Crippen LogP contribution in [0.25, 0.3) is 11.3 Å². The van der Waals surface area contributed by atoms with Crippen molar-refractivity contribution >= 4 is 11.7 Å². The average Bonchev–Trinajstić information content (AvgIpc) is 3.63. The third-order valence-corrected chi connectivity index (χ3v) is 6.36. The molecule has 1 aromatic carbocycles. The van der Waals surface area contributed by atoms with Crippen LogP contribution in [0.1, 0.15) is 46.9 Å². The Morgan fingerprint density at radius 1 is 1.19 bits per heavy atom. The maximum Gasteiger partial charge on any atom is 0.290 e. The maximum atomic E-state index is 15.1. The molecule has 3 aromatic rings. The largest absolute Gasteiger partial charge is 0.367 e. The van der Waals surface area contributed by atoms with Crippen molar-refractivity contribution in [2.45, 2.75) is 43.8 Å². The smallest absolute Gasteiger partial charge is 0.290 e. The van der Waals surface area contributed by atoms with Crippen LogP contribution in [-0.4, -0.2) is 46.4 Å². The Labute approximate surface area is 202 Å². The molecule has 5 rings (SSSR count). The van der Waals surface area contributed by atoms with Crippen LogP contribution in [0, 0.1) is 11.6 Å². The highest BCUT2D eigenvalue weighted by Crippen LogP contribution is 2.45. The van der Waals surface area contributed by atoms with Crippen molar-refractivity contribution in [3.8, 4) is 11.3 Å². The van der Waals surface area contributed by atoms with Gasteiger partial charge in [-0.2, -0.15) is 0 Å². The Hall–Kier alpha value is -3.51. The average molecular weight is 506 g/mol. The minimum atomic E-state index is -3.26. The van der Waals surface area contributed by atoms with E-state index in [0.717, 1.165) is 25.0 Å². The van der Waals surface area contributed by atoms with Gasteiger partial charge in [0.1, 0.15) is 35.0 Å². The van der Waals surface area contributed by atoms with E-state index in [1.807, 2.05) is 0 Å². The Kier molecular flexibility index (Phi) is 6.39. The molecule has 2 aliphatic rings. The first-order valence-electron chi connectivity index (χ1n) is 11.4. The van der Waals surface area contributed by atoms with E-state index in [9.17, 15) is 13.6 Å². The van der Waals surface area contributed by atoms with Crippen LogP contribution >= 0.6 is 0 Å². The van der Waals surface area contributed by atoms with Crippen LogP contribution in [0.5, 0.6) is 0 Å². The van der Waals surface area contributed by atoms with Gasteiger partial charge in [0.25, 0.3) is 11.8 Å². The van der Waals surface area contributed by atoms with Gasteiger partial charge in [-0.15, -0.1) is 0 Å². The van der Waals surface area contributed by atoms with Gasteiger partial charge in [-0.3, -0.25) is 10.0 Å². The Morgan fingerprint density at radius 3 is 2.56 bits per heavy atom. The minimum absolute atomic E-state index is 0.0176. The lowest BCUT2D eigenvalue weighted by atomic mass is 10.0. The number of aromatic nitrogens is 2. The molecule has 3 heterocycles. The van der Waals surface area contributed by atoms with Crippen molar-refractivity contribution in [1.82, 2.24) is 15.6 Å². The summed E-state index contributed by atoms with van der Waals surface area (Å²) < 4.78 is 70.0. The topological polar surface area (TPSA) is 101 Å². The summed E-state index contributed by atoms with van der Waals surface area (Å²) in [4.78, 5) is 16.8. The molecule has 1 unspecified atom stereocenters. The number of carbonyl (C=O) groups is 1. The molecular formula is C24H22F4N4O4. The summed E-state index contributed by atoms with van der Waals surface area (Å²) in [6.07, 6.45) is 1.30. The number of anilines is 1. The number of nitrogens with zero attached hydrogens (tertiary/aromatic N) is 3. The van der Waals surface area contributed by atoms with Crippen molar-refractivity contribution in [3.05, 3.63) is 65.1 Å². The number of piperidine rings is 1. The molecule has 12 heteroatoms. The number of alkyl halides is 2. The molecule has 1 atom stereocenters. The molecular weight excluding hydrogens is 484 g/mol. The standard InChI is InChI=1S/C24H22F4N4O4/c25-16-2-1-3-17(26)20(16)21-15(22(36-31-21)13-4-5-13)11-35-18-8-9-32(12-24(18,27)28)19-7-6-14(10-29-19)23(33)30-34/h1-3,6-7,10,13,18,34H,4-5,8-9,11-12H2,(H,30,33). The molecule has 2 aromatic heterocycles. The summed E-state index contributed by atoms with van der Waals surface area (Å²) in [5, 5.41) is 12.5. The highest BCUT2D eigenvalue weighted by Gasteiger charge is 2.46. The molecule has 1 amide bonds. The number of hydrogen-bond acceptors (Lipinski definition) is 7. The lowest BCUT2D eigenvalue weighted by Gasteiger charge is -2.38. The quantitative estimate of drug-likeness (QED) is 0.278. The maximum absolute atomic E-state index is 15.1. The summed E-state index contributed by atoms with van der Waals surface area (Å²) in [5.41, 5.74) is 1.38. The third-order valence-electron chi connectivity index (χ3n) is 6.36. The van der Waals surface area contributed by atoms with Gasteiger partial charge >= 0.3 is 0 Å².